The van der Waals surface area contributed by atoms with E-state index >= 15 is 0 Å². The molecule has 1 saturated heterocycles. The van der Waals surface area contributed by atoms with Crippen molar-refractivity contribution in [1.29, 1.82) is 0 Å². The zero-order valence-corrected chi connectivity index (χ0v) is 12.2. The molecular formula is C10H21N2OY+. The van der Waals surface area contributed by atoms with Crippen LogP contribution in [0.4, 0.5) is 0 Å². The molecule has 0 aromatic rings. The van der Waals surface area contributed by atoms with Crippen molar-refractivity contribution in [2.24, 2.45) is 0 Å². The quantitative estimate of drug-likeness (QED) is 0.756. The summed E-state index contributed by atoms with van der Waals surface area (Å²) in [5.74, 6) is 0.184. The van der Waals surface area contributed by atoms with Gasteiger partial charge in [-0.25, -0.2) is 0 Å². The van der Waals surface area contributed by atoms with Crippen molar-refractivity contribution in [3.05, 3.63) is 0 Å². The van der Waals surface area contributed by atoms with E-state index in [4.69, 9.17) is 0 Å². The average Bonchev–Trinajstić information content (AvgIpc) is 2.19. The van der Waals surface area contributed by atoms with Crippen LogP contribution in [0.15, 0.2) is 0 Å². The minimum Gasteiger partial charge on any atom is -0.354 e. The van der Waals surface area contributed by atoms with Crippen LogP contribution in [0.5, 0.6) is 0 Å². The molecule has 1 heterocycles. The van der Waals surface area contributed by atoms with Crippen LogP contribution >= 0.6 is 0 Å². The minimum atomic E-state index is 0. The molecule has 0 bridgehead atoms. The van der Waals surface area contributed by atoms with E-state index in [1.54, 1.807) is 7.05 Å². The van der Waals surface area contributed by atoms with Crippen molar-refractivity contribution in [2.45, 2.75) is 26.2 Å². The second-order valence-corrected chi connectivity index (χ2v) is 4.00. The van der Waals surface area contributed by atoms with Gasteiger partial charge in [0, 0.05) is 39.8 Å². The second-order valence-electron chi connectivity index (χ2n) is 4.00. The van der Waals surface area contributed by atoms with E-state index in [1.165, 1.54) is 32.4 Å². The Morgan fingerprint density at radius 1 is 1.29 bits per heavy atom. The third-order valence-electron chi connectivity index (χ3n) is 3.19. The van der Waals surface area contributed by atoms with Crippen LogP contribution in [0, 0.1) is 0 Å². The zero-order chi connectivity index (χ0) is 9.73. The Hall–Kier alpha value is 0.534. The minimum absolute atomic E-state index is 0. The number of carbonyl (C=O) groups excluding carboxylic acids is 1. The molecule has 1 amide bonds. The molecule has 79 valence electrons. The first-order chi connectivity index (χ1) is 6.22. The van der Waals surface area contributed by atoms with Gasteiger partial charge in [-0.1, -0.05) is 0 Å². The van der Waals surface area contributed by atoms with E-state index in [1.807, 2.05) is 0 Å². The van der Waals surface area contributed by atoms with Gasteiger partial charge in [0.2, 0.25) is 0 Å². The number of rotatable bonds is 3. The van der Waals surface area contributed by atoms with Gasteiger partial charge in [0.25, 0.3) is 5.91 Å². The summed E-state index contributed by atoms with van der Waals surface area (Å²) in [6.45, 7) is 6.32. The summed E-state index contributed by atoms with van der Waals surface area (Å²) in [7, 11) is 1.72. The van der Waals surface area contributed by atoms with E-state index in [2.05, 4.69) is 12.2 Å². The maximum absolute atomic E-state index is 11.3. The van der Waals surface area contributed by atoms with Crippen LogP contribution in [0.3, 0.4) is 0 Å². The summed E-state index contributed by atoms with van der Waals surface area (Å²) in [5.41, 5.74) is 0. The van der Waals surface area contributed by atoms with Crippen molar-refractivity contribution in [3.63, 3.8) is 0 Å². The first-order valence-corrected chi connectivity index (χ1v) is 5.28. The van der Waals surface area contributed by atoms with Crippen LogP contribution in [0.1, 0.15) is 26.2 Å². The van der Waals surface area contributed by atoms with E-state index < -0.39 is 0 Å². The largest absolute Gasteiger partial charge is 0.354 e. The predicted octanol–water partition coefficient (Wildman–Crippen LogP) is 0.750. The zero-order valence-electron chi connectivity index (χ0n) is 9.38. The van der Waals surface area contributed by atoms with Crippen LogP contribution in [0.2, 0.25) is 0 Å². The molecule has 0 unspecified atom stereocenters. The van der Waals surface area contributed by atoms with Gasteiger partial charge in [0.05, 0.1) is 19.6 Å². The summed E-state index contributed by atoms with van der Waals surface area (Å²) in [5, 5.41) is 2.72. The van der Waals surface area contributed by atoms with E-state index in [0.29, 0.717) is 6.54 Å². The number of likely N-dealkylation sites (tertiary alicyclic amines) is 1. The fourth-order valence-corrected chi connectivity index (χ4v) is 2.15. The molecule has 1 radical (unpaired) electrons. The van der Waals surface area contributed by atoms with Gasteiger partial charge >= 0.3 is 0 Å². The Bertz CT molecular complexity index is 179. The molecule has 1 N–H and O–H groups in total. The summed E-state index contributed by atoms with van der Waals surface area (Å²) >= 11 is 0. The molecule has 0 spiro atoms. The Morgan fingerprint density at radius 3 is 2.29 bits per heavy atom. The van der Waals surface area contributed by atoms with Crippen molar-refractivity contribution < 1.29 is 42.0 Å². The molecule has 0 aromatic carbocycles. The van der Waals surface area contributed by atoms with Crippen molar-refractivity contribution >= 4 is 5.91 Å². The van der Waals surface area contributed by atoms with Gasteiger partial charge in [-0.15, -0.1) is 0 Å². The molecule has 1 rings (SSSR count). The molecule has 0 aromatic heterocycles. The number of piperidine rings is 1. The van der Waals surface area contributed by atoms with Crippen molar-refractivity contribution in [1.82, 2.24) is 5.32 Å². The molecule has 0 aliphatic carbocycles. The number of hydrogen-bond acceptors (Lipinski definition) is 1. The first-order valence-electron chi connectivity index (χ1n) is 5.28. The standard InChI is InChI=1S/C10H20N2O.Y/c1-3-12(9-10(13)11-2)7-5-4-6-8-12;/h3-9H2,1-2H3;/p+1. The topological polar surface area (TPSA) is 29.1 Å². The van der Waals surface area contributed by atoms with Gasteiger partial charge in [-0.05, 0) is 26.2 Å². The molecule has 0 saturated carbocycles. The molecule has 14 heavy (non-hydrogen) atoms. The second kappa shape index (κ2) is 6.92. The van der Waals surface area contributed by atoms with Crippen LogP contribution < -0.4 is 5.32 Å². The normalized spacial score (nSPS) is 19.6. The van der Waals surface area contributed by atoms with Gasteiger partial charge < -0.3 is 9.80 Å². The monoisotopic (exact) mass is 274 g/mol. The molecule has 1 aliphatic rings. The average molecular weight is 274 g/mol. The van der Waals surface area contributed by atoms with Gasteiger partial charge in [-0.3, -0.25) is 4.79 Å². The molecule has 4 heteroatoms. The number of hydrogen-bond donors (Lipinski definition) is 1. The number of likely N-dealkylation sites (N-methyl/N-ethyl adjacent to an activating group) is 2. The maximum atomic E-state index is 11.3. The third-order valence-corrected chi connectivity index (χ3v) is 3.19. The number of nitrogens with zero attached hydrogens (tertiary/aromatic N) is 1. The number of quaternary nitrogens is 1. The molecule has 1 aliphatic heterocycles. The first kappa shape index (κ1) is 14.5. The summed E-state index contributed by atoms with van der Waals surface area (Å²) < 4.78 is 1.000. The Morgan fingerprint density at radius 2 is 1.86 bits per heavy atom. The number of carbonyl (C=O) groups is 1. The van der Waals surface area contributed by atoms with E-state index in [9.17, 15) is 4.79 Å². The molecular weight excluding hydrogens is 253 g/mol. The van der Waals surface area contributed by atoms with Crippen LogP contribution in [-0.2, 0) is 37.5 Å². The predicted molar refractivity (Wildman–Crippen MR) is 53.3 cm³/mol. The SMILES string of the molecule is CC[N+]1(CC(=O)NC)CCCCC1.[Y]. The van der Waals surface area contributed by atoms with Crippen molar-refractivity contribution in [3.8, 4) is 0 Å². The van der Waals surface area contributed by atoms with Gasteiger partial charge in [0.15, 0.2) is 6.54 Å². The maximum Gasteiger partial charge on any atom is 0.275 e. The third kappa shape index (κ3) is 3.95. The summed E-state index contributed by atoms with van der Waals surface area (Å²) in [4.78, 5) is 11.3. The van der Waals surface area contributed by atoms with E-state index in [0.717, 1.165) is 11.0 Å². The molecule has 0 atom stereocenters. The Balaban J connectivity index is 0.00000169. The number of nitrogens with one attached hydrogen (secondary N) is 1. The van der Waals surface area contributed by atoms with Gasteiger partial charge in [0.1, 0.15) is 0 Å². The Kier molecular flexibility index (Phi) is 7.18. The summed E-state index contributed by atoms with van der Waals surface area (Å²) in [6.07, 6.45) is 3.91. The smallest absolute Gasteiger partial charge is 0.275 e. The summed E-state index contributed by atoms with van der Waals surface area (Å²) in [6, 6.07) is 0. The van der Waals surface area contributed by atoms with Crippen molar-refractivity contribution in [2.75, 3.05) is 33.2 Å². The Labute approximate surface area is 112 Å². The fraction of sp³-hybridized carbons (Fsp3) is 0.900. The fourth-order valence-electron chi connectivity index (χ4n) is 2.15. The number of amides is 1. The van der Waals surface area contributed by atoms with E-state index in [-0.39, 0.29) is 38.6 Å². The molecule has 3 nitrogen and oxygen atoms in total. The molecule has 1 fully saturated rings. The van der Waals surface area contributed by atoms with Gasteiger partial charge in [-0.2, -0.15) is 0 Å². The van der Waals surface area contributed by atoms with Crippen LogP contribution in [-0.4, -0.2) is 43.6 Å². The van der Waals surface area contributed by atoms with Crippen LogP contribution in [0.25, 0.3) is 0 Å².